The van der Waals surface area contributed by atoms with Crippen LogP contribution in [0, 0.1) is 0 Å². The highest BCUT2D eigenvalue weighted by atomic mass is 15.6. The number of nitrogens with one attached hydrogen (secondary N) is 3. The molecule has 2 saturated heterocycles. The van der Waals surface area contributed by atoms with Crippen LogP contribution in [0.25, 0.3) is 0 Å². The Morgan fingerprint density at radius 2 is 2.30 bits per heavy atom. The third-order valence-electron chi connectivity index (χ3n) is 2.24. The number of rotatable bonds is 0. The van der Waals surface area contributed by atoms with Gasteiger partial charge in [0.2, 0.25) is 0 Å². The molecule has 4 heteroatoms. The van der Waals surface area contributed by atoms with Gasteiger partial charge in [0, 0.05) is 19.6 Å². The molecule has 2 fully saturated rings. The highest BCUT2D eigenvalue weighted by Gasteiger charge is 2.30. The Bertz CT molecular complexity index is 125. The van der Waals surface area contributed by atoms with E-state index in [0.29, 0.717) is 12.3 Å². The molecule has 2 unspecified atom stereocenters. The first-order chi connectivity index (χ1) is 4.88. The monoisotopic (exact) mass is 142 g/mol. The lowest BCUT2D eigenvalue weighted by Gasteiger charge is -2.30. The maximum atomic E-state index is 3.33. The molecular formula is C6H14N4. The molecule has 0 aromatic heterocycles. The van der Waals surface area contributed by atoms with E-state index in [2.05, 4.69) is 28.0 Å². The first-order valence-electron chi connectivity index (χ1n) is 3.85. The molecule has 58 valence electrons. The average molecular weight is 142 g/mol. The molecule has 3 N–H and O–H groups in total. The third kappa shape index (κ3) is 0.932. The van der Waals surface area contributed by atoms with E-state index in [1.54, 1.807) is 0 Å². The first-order valence-corrected chi connectivity index (χ1v) is 3.85. The van der Waals surface area contributed by atoms with Gasteiger partial charge >= 0.3 is 0 Å². The molecular weight excluding hydrogens is 128 g/mol. The van der Waals surface area contributed by atoms with Gasteiger partial charge in [0.1, 0.15) is 0 Å². The Balaban J connectivity index is 2.01. The summed E-state index contributed by atoms with van der Waals surface area (Å²) < 4.78 is 0. The van der Waals surface area contributed by atoms with Crippen LogP contribution in [0.4, 0.5) is 0 Å². The van der Waals surface area contributed by atoms with Crippen molar-refractivity contribution >= 4 is 0 Å². The van der Waals surface area contributed by atoms with Crippen LogP contribution in [0.1, 0.15) is 6.92 Å². The van der Waals surface area contributed by atoms with Gasteiger partial charge in [-0.2, -0.15) is 0 Å². The van der Waals surface area contributed by atoms with Crippen LogP contribution in [-0.2, 0) is 0 Å². The average Bonchev–Trinajstić information content (AvgIpc) is 2.34. The van der Waals surface area contributed by atoms with Gasteiger partial charge in [-0.05, 0) is 6.92 Å². The highest BCUT2D eigenvalue weighted by Crippen LogP contribution is 2.07. The van der Waals surface area contributed by atoms with Crippen molar-refractivity contribution in [1.29, 1.82) is 0 Å². The second kappa shape index (κ2) is 2.47. The molecule has 2 aliphatic rings. The Labute approximate surface area is 60.9 Å². The van der Waals surface area contributed by atoms with Crippen molar-refractivity contribution in [2.24, 2.45) is 0 Å². The fourth-order valence-corrected chi connectivity index (χ4v) is 1.62. The normalized spacial score (nSPS) is 41.7. The summed E-state index contributed by atoms with van der Waals surface area (Å²) in [6.07, 6.45) is 0.996. The molecule has 0 bridgehead atoms. The summed E-state index contributed by atoms with van der Waals surface area (Å²) in [5.41, 5.74) is 6.42. The predicted octanol–water partition coefficient (Wildman–Crippen LogP) is -1.33. The van der Waals surface area contributed by atoms with Crippen molar-refractivity contribution in [2.45, 2.75) is 19.3 Å². The van der Waals surface area contributed by atoms with Crippen LogP contribution in [0.5, 0.6) is 0 Å². The predicted molar refractivity (Wildman–Crippen MR) is 39.1 cm³/mol. The summed E-state index contributed by atoms with van der Waals surface area (Å²) in [5.74, 6) is 0. The second-order valence-corrected chi connectivity index (χ2v) is 2.92. The number of fused-ring (bicyclic) bond motifs is 1. The lowest BCUT2D eigenvalue weighted by molar-refractivity contribution is 0.161. The van der Waals surface area contributed by atoms with E-state index in [1.807, 2.05) is 0 Å². The highest BCUT2D eigenvalue weighted by molar-refractivity contribution is 4.84. The lowest BCUT2D eigenvalue weighted by Crippen LogP contribution is -2.53. The fraction of sp³-hybridized carbons (Fsp3) is 1.00. The van der Waals surface area contributed by atoms with E-state index in [0.717, 1.165) is 19.6 Å². The Kier molecular flexibility index (Phi) is 1.61. The molecule has 10 heavy (non-hydrogen) atoms. The summed E-state index contributed by atoms with van der Waals surface area (Å²) >= 11 is 0. The summed E-state index contributed by atoms with van der Waals surface area (Å²) in [6, 6.07) is 0. The van der Waals surface area contributed by atoms with E-state index < -0.39 is 0 Å². The largest absolute Gasteiger partial charge is 0.313 e. The van der Waals surface area contributed by atoms with E-state index >= 15 is 0 Å². The Morgan fingerprint density at radius 1 is 1.40 bits per heavy atom. The van der Waals surface area contributed by atoms with Crippen LogP contribution in [-0.4, -0.2) is 36.9 Å². The molecule has 0 radical (unpaired) electrons. The molecule has 0 aromatic carbocycles. The van der Waals surface area contributed by atoms with Crippen molar-refractivity contribution in [3.05, 3.63) is 0 Å². The van der Waals surface area contributed by atoms with Crippen LogP contribution < -0.4 is 16.2 Å². The minimum absolute atomic E-state index is 0.493. The molecule has 0 amide bonds. The SMILES string of the molecule is CC1NNC2CNCCN12. The van der Waals surface area contributed by atoms with Gasteiger partial charge in [-0.3, -0.25) is 4.90 Å². The fourth-order valence-electron chi connectivity index (χ4n) is 1.62. The van der Waals surface area contributed by atoms with Gasteiger partial charge in [-0.1, -0.05) is 0 Å². The molecule has 2 aliphatic heterocycles. The summed E-state index contributed by atoms with van der Waals surface area (Å²) in [4.78, 5) is 2.43. The standard InChI is InChI=1S/C6H14N4/c1-5-8-9-6-4-7-2-3-10(5)6/h5-9H,2-4H2,1H3. The van der Waals surface area contributed by atoms with Gasteiger partial charge in [0.05, 0.1) is 12.3 Å². The zero-order chi connectivity index (χ0) is 6.97. The summed E-state index contributed by atoms with van der Waals surface area (Å²) in [7, 11) is 0. The molecule has 0 aromatic rings. The van der Waals surface area contributed by atoms with Crippen LogP contribution in [0.15, 0.2) is 0 Å². The van der Waals surface area contributed by atoms with Crippen LogP contribution >= 0.6 is 0 Å². The van der Waals surface area contributed by atoms with E-state index in [4.69, 9.17) is 0 Å². The maximum Gasteiger partial charge on any atom is 0.0868 e. The van der Waals surface area contributed by atoms with Crippen molar-refractivity contribution in [2.75, 3.05) is 19.6 Å². The third-order valence-corrected chi connectivity index (χ3v) is 2.24. The number of nitrogens with zero attached hydrogens (tertiary/aromatic N) is 1. The van der Waals surface area contributed by atoms with Gasteiger partial charge in [-0.15, -0.1) is 0 Å². The van der Waals surface area contributed by atoms with Gasteiger partial charge in [0.15, 0.2) is 0 Å². The lowest BCUT2D eigenvalue weighted by atomic mass is 10.3. The molecule has 0 aliphatic carbocycles. The number of hydrogen-bond acceptors (Lipinski definition) is 4. The summed E-state index contributed by atoms with van der Waals surface area (Å²) in [5, 5.41) is 3.33. The Hall–Kier alpha value is -0.160. The topological polar surface area (TPSA) is 39.3 Å². The molecule has 2 heterocycles. The van der Waals surface area contributed by atoms with Crippen molar-refractivity contribution in [3.8, 4) is 0 Å². The molecule has 4 nitrogen and oxygen atoms in total. The quantitative estimate of drug-likeness (QED) is 0.392. The molecule has 2 rings (SSSR count). The van der Waals surface area contributed by atoms with Crippen molar-refractivity contribution < 1.29 is 0 Å². The number of hydrazine groups is 1. The number of piperazine rings is 1. The van der Waals surface area contributed by atoms with E-state index in [1.165, 1.54) is 0 Å². The zero-order valence-electron chi connectivity index (χ0n) is 6.22. The zero-order valence-corrected chi connectivity index (χ0v) is 6.22. The minimum atomic E-state index is 0.493. The summed E-state index contributed by atoms with van der Waals surface area (Å²) in [6.45, 7) is 5.49. The van der Waals surface area contributed by atoms with Gasteiger partial charge in [0.25, 0.3) is 0 Å². The van der Waals surface area contributed by atoms with Crippen molar-refractivity contribution in [3.63, 3.8) is 0 Å². The van der Waals surface area contributed by atoms with Crippen LogP contribution in [0.3, 0.4) is 0 Å². The van der Waals surface area contributed by atoms with Gasteiger partial charge < -0.3 is 5.32 Å². The Morgan fingerprint density at radius 3 is 3.10 bits per heavy atom. The van der Waals surface area contributed by atoms with E-state index in [-0.39, 0.29) is 0 Å². The number of hydrogen-bond donors (Lipinski definition) is 3. The van der Waals surface area contributed by atoms with Crippen molar-refractivity contribution in [1.82, 2.24) is 21.1 Å². The smallest absolute Gasteiger partial charge is 0.0868 e. The molecule has 2 atom stereocenters. The van der Waals surface area contributed by atoms with E-state index in [9.17, 15) is 0 Å². The van der Waals surface area contributed by atoms with Crippen LogP contribution in [0.2, 0.25) is 0 Å². The maximum absolute atomic E-state index is 3.33. The van der Waals surface area contributed by atoms with Gasteiger partial charge in [-0.25, -0.2) is 10.9 Å². The molecule has 0 spiro atoms. The second-order valence-electron chi connectivity index (χ2n) is 2.92. The molecule has 0 saturated carbocycles. The minimum Gasteiger partial charge on any atom is -0.313 e. The first kappa shape index (κ1) is 6.54.